The zero-order chi connectivity index (χ0) is 34.6. The lowest BCUT2D eigenvalue weighted by Gasteiger charge is -2.13. The van der Waals surface area contributed by atoms with E-state index >= 15 is 0 Å². The molecule has 5 aromatic rings. The maximum absolute atomic E-state index is 13.5. The number of aryl methyl sites for hydroxylation is 2. The van der Waals surface area contributed by atoms with Gasteiger partial charge in [0.05, 0.1) is 48.0 Å². The maximum Gasteiger partial charge on any atom is 0.224 e. The molecule has 2 heterocycles. The number of nitrogens with zero attached hydrogens (tertiary/aromatic N) is 4. The van der Waals surface area contributed by atoms with E-state index in [0.29, 0.717) is 23.5 Å². The number of hydrogen-bond donors (Lipinski definition) is 1. The highest BCUT2D eigenvalue weighted by atomic mass is 35.5. The van der Waals surface area contributed by atoms with Gasteiger partial charge in [0.2, 0.25) is 11.3 Å². The summed E-state index contributed by atoms with van der Waals surface area (Å²) in [5.74, 6) is 0.587. The summed E-state index contributed by atoms with van der Waals surface area (Å²) in [7, 11) is 1.47. The lowest BCUT2D eigenvalue weighted by molar-refractivity contribution is -0.160. The van der Waals surface area contributed by atoms with Crippen molar-refractivity contribution in [3.8, 4) is 28.4 Å². The van der Waals surface area contributed by atoms with Gasteiger partial charge < -0.3 is 22.1 Å². The second kappa shape index (κ2) is 15.9. The summed E-state index contributed by atoms with van der Waals surface area (Å²) in [5, 5.41) is 11.0. The predicted molar refractivity (Wildman–Crippen MR) is 199 cm³/mol. The third-order valence-electron chi connectivity index (χ3n) is 8.77. The van der Waals surface area contributed by atoms with Gasteiger partial charge in [-0.2, -0.15) is 9.43 Å². The van der Waals surface area contributed by atoms with Gasteiger partial charge in [-0.3, -0.25) is 4.79 Å². The minimum atomic E-state index is -0.113. The van der Waals surface area contributed by atoms with E-state index in [9.17, 15) is 4.79 Å². The Hall–Kier alpha value is -5.00. The predicted octanol–water partition coefficient (Wildman–Crippen LogP) is 5.22. The molecule has 1 N–H and O–H groups in total. The van der Waals surface area contributed by atoms with Crippen LogP contribution in [0.2, 0.25) is 0 Å². The van der Waals surface area contributed by atoms with Crippen molar-refractivity contribution in [3.63, 3.8) is 0 Å². The lowest BCUT2D eigenvalue weighted by atomic mass is 10.1. The monoisotopic (exact) mass is 719 g/mol. The van der Waals surface area contributed by atoms with Crippen molar-refractivity contribution in [1.29, 1.82) is 0 Å². The Morgan fingerprint density at radius 2 is 1.67 bits per heavy atom. The molecule has 0 atom stereocenters. The number of halogens is 1. The highest BCUT2D eigenvalue weighted by Gasteiger charge is 2.18. The molecular formula is C40H38ClN5O4S. The van der Waals surface area contributed by atoms with E-state index in [1.165, 1.54) is 12.7 Å². The second-order valence-electron chi connectivity index (χ2n) is 12.0. The van der Waals surface area contributed by atoms with Crippen molar-refractivity contribution in [1.82, 2.24) is 19.3 Å². The standard InChI is InChI=1S/C40H37N5O4S.ClH/c1-5-44(6-2)30-18-21-34-37(24-30)48-38-25-35(32-9-7-8-10-33(32)40(38)42-34)41-39(46)22-15-28-23-36(27-13-11-26(3)12-14-27)45(43-28)29-16-19-31(20-17-29)50-49-47-4;/h7-14,16-21,23-25H,5-6,15,22H2,1-4H3;1H. The number of carbonyl (C=O) groups excluding carboxylic acids is 1. The van der Waals surface area contributed by atoms with Crippen molar-refractivity contribution in [2.75, 3.05) is 25.5 Å². The Balaban J connectivity index is 0.00000448. The normalized spacial score (nSPS) is 11.2. The summed E-state index contributed by atoms with van der Waals surface area (Å²) in [6.07, 6.45) is 0.713. The van der Waals surface area contributed by atoms with Crippen molar-refractivity contribution in [2.45, 2.75) is 38.5 Å². The molecule has 1 amide bonds. The number of fused-ring (bicyclic) bond motifs is 4. The lowest BCUT2D eigenvalue weighted by Crippen LogP contribution is -3.00. The third kappa shape index (κ3) is 7.69. The Bertz CT molecular complexity index is 2350. The average Bonchev–Trinajstić information content (AvgIpc) is 3.58. The smallest absolute Gasteiger partial charge is 0.224 e. The molecular weight excluding hydrogens is 682 g/mol. The van der Waals surface area contributed by atoms with Crippen LogP contribution in [-0.4, -0.2) is 40.9 Å². The van der Waals surface area contributed by atoms with Gasteiger partial charge in [0, 0.05) is 46.2 Å². The summed E-state index contributed by atoms with van der Waals surface area (Å²) in [4.78, 5) is 24.1. The fraction of sp³-hybridized carbons (Fsp3) is 0.200. The van der Waals surface area contributed by atoms with Gasteiger partial charge in [0.1, 0.15) is 24.3 Å². The molecule has 11 heteroatoms. The Morgan fingerprint density at radius 3 is 2.39 bits per heavy atom. The van der Waals surface area contributed by atoms with Crippen molar-refractivity contribution >= 4 is 45.5 Å². The molecule has 0 saturated carbocycles. The molecule has 0 unspecified atom stereocenters. The van der Waals surface area contributed by atoms with Crippen molar-refractivity contribution in [2.24, 2.45) is 0 Å². The number of anilines is 1. The quantitative estimate of drug-likeness (QED) is 0.0490. The van der Waals surface area contributed by atoms with E-state index in [0.717, 1.165) is 80.0 Å². The number of hydrogen-bond acceptors (Lipinski definition) is 7. The molecule has 7 rings (SSSR count). The number of aromatic nitrogens is 3. The largest absolute Gasteiger partial charge is 1.00 e. The van der Waals surface area contributed by atoms with Crippen LogP contribution in [0.5, 0.6) is 0 Å². The first-order valence-electron chi connectivity index (χ1n) is 16.7. The van der Waals surface area contributed by atoms with Gasteiger partial charge >= 0.3 is 0 Å². The van der Waals surface area contributed by atoms with Crippen LogP contribution in [-0.2, 0) is 20.4 Å². The van der Waals surface area contributed by atoms with Gasteiger partial charge in [-0.05, 0) is 57.2 Å². The summed E-state index contributed by atoms with van der Waals surface area (Å²) in [6.45, 7) is 8.14. The Kier molecular flexibility index (Phi) is 11.2. The molecule has 0 saturated heterocycles. The highest BCUT2D eigenvalue weighted by molar-refractivity contribution is 7.94. The summed E-state index contributed by atoms with van der Waals surface area (Å²) in [6, 6.07) is 34.3. The first-order valence-corrected chi connectivity index (χ1v) is 17.5. The minimum absolute atomic E-state index is 0. The topological polar surface area (TPSA) is 94.4 Å². The molecule has 4 aromatic carbocycles. The Morgan fingerprint density at radius 1 is 0.922 bits per heavy atom. The number of rotatable bonds is 11. The van der Waals surface area contributed by atoms with Crippen molar-refractivity contribution < 1.29 is 30.8 Å². The third-order valence-corrected chi connectivity index (χ3v) is 9.44. The van der Waals surface area contributed by atoms with Gasteiger partial charge in [0.15, 0.2) is 11.3 Å². The molecule has 0 spiro atoms. The van der Waals surface area contributed by atoms with Gasteiger partial charge in [0.25, 0.3) is 0 Å². The van der Waals surface area contributed by atoms with E-state index in [1.54, 1.807) is 0 Å². The average molecular weight is 720 g/mol. The summed E-state index contributed by atoms with van der Waals surface area (Å²) in [5.41, 5.74) is 7.72. The van der Waals surface area contributed by atoms with E-state index < -0.39 is 0 Å². The van der Waals surface area contributed by atoms with Crippen molar-refractivity contribution in [3.05, 3.63) is 120 Å². The molecule has 1 aromatic heterocycles. The zero-order valence-corrected chi connectivity index (χ0v) is 30.4. The first-order chi connectivity index (χ1) is 24.4. The molecule has 0 fully saturated rings. The van der Waals surface area contributed by atoms with Gasteiger partial charge in [-0.1, -0.05) is 54.1 Å². The number of amides is 1. The molecule has 2 aliphatic rings. The zero-order valence-electron chi connectivity index (χ0n) is 28.9. The van der Waals surface area contributed by atoms with Crippen LogP contribution >= 0.6 is 12.0 Å². The summed E-state index contributed by atoms with van der Waals surface area (Å²) >= 11 is 1.14. The van der Waals surface area contributed by atoms with Crippen LogP contribution in [0.3, 0.4) is 0 Å². The van der Waals surface area contributed by atoms with E-state index in [1.807, 2.05) is 71.4 Å². The molecule has 9 nitrogen and oxygen atoms in total. The molecule has 260 valence electrons. The summed E-state index contributed by atoms with van der Waals surface area (Å²) < 4.78 is 15.6. The molecule has 51 heavy (non-hydrogen) atoms. The van der Waals surface area contributed by atoms with Crippen LogP contribution in [0.4, 0.5) is 5.69 Å². The molecule has 0 radical (unpaired) electrons. The SMILES string of the molecule is CC[N+](CC)=c1ccc2nc3c(cc(NC(=O)CCc4cc(-c5ccc(C)cc5)n(-c5ccc(SOOC)cc5)n4)c4ccccc43)oc-2c1.[Cl-]. The van der Waals surface area contributed by atoms with Gasteiger partial charge in [-0.15, -0.1) is 0 Å². The number of nitrogens with one attached hydrogen (secondary N) is 1. The van der Waals surface area contributed by atoms with E-state index in [2.05, 4.69) is 67.1 Å². The fourth-order valence-corrected chi connectivity index (χ4v) is 6.58. The van der Waals surface area contributed by atoms with Crippen LogP contribution < -0.4 is 27.7 Å². The maximum atomic E-state index is 13.5. The van der Waals surface area contributed by atoms with E-state index in [-0.39, 0.29) is 24.7 Å². The molecule has 1 aliphatic carbocycles. The number of carbonyl (C=O) groups is 1. The number of benzene rings is 5. The molecule has 1 aliphatic heterocycles. The minimum Gasteiger partial charge on any atom is -1.00 e. The van der Waals surface area contributed by atoms with Crippen LogP contribution in [0, 0.1) is 6.92 Å². The Labute approximate surface area is 306 Å². The van der Waals surface area contributed by atoms with E-state index in [4.69, 9.17) is 23.7 Å². The fourth-order valence-electron chi connectivity index (χ4n) is 6.18. The van der Waals surface area contributed by atoms with Crippen LogP contribution in [0.25, 0.3) is 50.3 Å². The highest BCUT2D eigenvalue weighted by Crippen LogP contribution is 2.34. The second-order valence-corrected chi connectivity index (χ2v) is 12.8. The van der Waals surface area contributed by atoms with Crippen LogP contribution in [0.1, 0.15) is 31.5 Å². The molecule has 0 bridgehead atoms. The first kappa shape index (κ1) is 35.8. The van der Waals surface area contributed by atoms with Crippen LogP contribution in [0.15, 0.2) is 112 Å². The van der Waals surface area contributed by atoms with Gasteiger partial charge in [-0.25, -0.2) is 19.1 Å².